The van der Waals surface area contributed by atoms with Crippen LogP contribution in [-0.4, -0.2) is 25.0 Å². The lowest BCUT2D eigenvalue weighted by Crippen LogP contribution is -2.45. The van der Waals surface area contributed by atoms with Gasteiger partial charge in [-0.25, -0.2) is 17.9 Å². The zero-order valence-corrected chi connectivity index (χ0v) is 12.2. The highest BCUT2D eigenvalue weighted by Gasteiger charge is 2.40. The van der Waals surface area contributed by atoms with Crippen molar-refractivity contribution >= 4 is 21.7 Å². The first-order chi connectivity index (χ1) is 9.13. The second-order valence-corrected chi connectivity index (χ2v) is 7.31. The summed E-state index contributed by atoms with van der Waals surface area (Å²) in [5.41, 5.74) is 5.04. The monoisotopic (exact) mass is 298 g/mol. The number of carboxylic acid groups (broad SMARTS) is 1. The van der Waals surface area contributed by atoms with E-state index >= 15 is 0 Å². The van der Waals surface area contributed by atoms with Crippen LogP contribution in [0.2, 0.25) is 0 Å². The van der Waals surface area contributed by atoms with Gasteiger partial charge in [-0.2, -0.15) is 0 Å². The summed E-state index contributed by atoms with van der Waals surface area (Å²) in [4.78, 5) is 10.7. The number of carbonyl (C=O) groups is 1. The maximum absolute atomic E-state index is 12.3. The molecule has 1 aromatic carbocycles. The van der Waals surface area contributed by atoms with Gasteiger partial charge in [0.2, 0.25) is 10.0 Å². The molecule has 1 aliphatic rings. The Morgan fingerprint density at radius 1 is 1.40 bits per heavy atom. The first-order valence-corrected chi connectivity index (χ1v) is 7.78. The van der Waals surface area contributed by atoms with Crippen LogP contribution in [0.4, 0.5) is 5.69 Å². The van der Waals surface area contributed by atoms with Crippen LogP contribution in [0.3, 0.4) is 0 Å². The second-order valence-electron chi connectivity index (χ2n) is 5.66. The third kappa shape index (κ3) is 2.94. The van der Waals surface area contributed by atoms with E-state index in [1.807, 2.05) is 13.8 Å². The summed E-state index contributed by atoms with van der Waals surface area (Å²) in [7, 11) is -3.76. The second kappa shape index (κ2) is 4.75. The van der Waals surface area contributed by atoms with Crippen LogP contribution in [0.1, 0.15) is 37.0 Å². The first-order valence-electron chi connectivity index (χ1n) is 6.30. The molecule has 1 fully saturated rings. The number of nitrogens with two attached hydrogens (primary N) is 1. The highest BCUT2D eigenvalue weighted by Crippen LogP contribution is 2.40. The molecule has 6 nitrogen and oxygen atoms in total. The van der Waals surface area contributed by atoms with Gasteiger partial charge in [0.15, 0.2) is 0 Å². The molecular formula is C13H18N2O4S. The smallest absolute Gasteiger partial charge is 0.335 e. The third-order valence-electron chi connectivity index (χ3n) is 3.54. The molecule has 1 aliphatic carbocycles. The van der Waals surface area contributed by atoms with Gasteiger partial charge >= 0.3 is 5.97 Å². The molecule has 0 saturated heterocycles. The molecular weight excluding hydrogens is 280 g/mol. The number of nitrogen functional groups attached to an aromatic ring is 1. The molecule has 0 aliphatic heterocycles. The number of carboxylic acids is 1. The number of aromatic carboxylic acids is 1. The third-order valence-corrected chi connectivity index (χ3v) is 5.29. The van der Waals surface area contributed by atoms with E-state index in [0.29, 0.717) is 5.92 Å². The summed E-state index contributed by atoms with van der Waals surface area (Å²) >= 11 is 0. The van der Waals surface area contributed by atoms with Crippen molar-refractivity contribution in [3.63, 3.8) is 0 Å². The number of hydrogen-bond acceptors (Lipinski definition) is 4. The summed E-state index contributed by atoms with van der Waals surface area (Å²) in [6, 6.07) is 3.61. The van der Waals surface area contributed by atoms with Crippen LogP contribution in [0.25, 0.3) is 0 Å². The predicted molar refractivity (Wildman–Crippen MR) is 74.9 cm³/mol. The predicted octanol–water partition coefficient (Wildman–Crippen LogP) is 1.43. The number of rotatable bonds is 5. The quantitative estimate of drug-likeness (QED) is 0.712. The van der Waals surface area contributed by atoms with Gasteiger partial charge in [-0.3, -0.25) is 0 Å². The Bertz CT molecular complexity index is 648. The number of sulfonamides is 1. The lowest BCUT2D eigenvalue weighted by atomic mass is 10.0. The first kappa shape index (κ1) is 14.8. The summed E-state index contributed by atoms with van der Waals surface area (Å²) in [6.07, 6.45) is 2.01. The zero-order chi connectivity index (χ0) is 15.1. The van der Waals surface area contributed by atoms with E-state index in [0.717, 1.165) is 18.9 Å². The van der Waals surface area contributed by atoms with E-state index in [4.69, 9.17) is 10.8 Å². The van der Waals surface area contributed by atoms with Crippen LogP contribution >= 0.6 is 0 Å². The average molecular weight is 298 g/mol. The Kier molecular flexibility index (Phi) is 3.51. The fourth-order valence-electron chi connectivity index (χ4n) is 2.22. The lowest BCUT2D eigenvalue weighted by molar-refractivity contribution is 0.0697. The molecule has 0 amide bonds. The maximum Gasteiger partial charge on any atom is 0.335 e. The number of benzene rings is 1. The van der Waals surface area contributed by atoms with Gasteiger partial charge in [0, 0.05) is 5.54 Å². The van der Waals surface area contributed by atoms with Crippen molar-refractivity contribution in [1.82, 2.24) is 4.72 Å². The van der Waals surface area contributed by atoms with Crippen molar-refractivity contribution < 1.29 is 18.3 Å². The van der Waals surface area contributed by atoms with Gasteiger partial charge in [-0.1, -0.05) is 0 Å². The normalized spacial score (nSPS) is 16.1. The Morgan fingerprint density at radius 2 is 2.00 bits per heavy atom. The molecule has 0 heterocycles. The topological polar surface area (TPSA) is 109 Å². The largest absolute Gasteiger partial charge is 0.478 e. The van der Waals surface area contributed by atoms with E-state index in [-0.39, 0.29) is 16.1 Å². The molecule has 0 spiro atoms. The Labute approximate surface area is 118 Å². The van der Waals surface area contributed by atoms with E-state index in [1.165, 1.54) is 12.1 Å². The summed E-state index contributed by atoms with van der Waals surface area (Å²) in [5.74, 6) is -0.816. The van der Waals surface area contributed by atoms with E-state index in [9.17, 15) is 13.2 Å². The zero-order valence-electron chi connectivity index (χ0n) is 11.4. The molecule has 0 aromatic heterocycles. The SMILES string of the molecule is CC(C)(NS(=O)(=O)c1ccc(C(=O)O)cc1N)C1CC1. The van der Waals surface area contributed by atoms with Crippen molar-refractivity contribution in [3.05, 3.63) is 23.8 Å². The van der Waals surface area contributed by atoms with Gasteiger partial charge < -0.3 is 10.8 Å². The van der Waals surface area contributed by atoms with Crippen molar-refractivity contribution in [2.24, 2.45) is 5.92 Å². The Balaban J connectivity index is 2.32. The fourth-order valence-corrected chi connectivity index (χ4v) is 3.80. The Hall–Kier alpha value is -1.60. The highest BCUT2D eigenvalue weighted by molar-refractivity contribution is 7.89. The summed E-state index contributed by atoms with van der Waals surface area (Å²) in [5, 5.41) is 8.85. The molecule has 1 aromatic rings. The summed E-state index contributed by atoms with van der Waals surface area (Å²) in [6.45, 7) is 3.67. The van der Waals surface area contributed by atoms with Gasteiger partial charge in [0.1, 0.15) is 4.90 Å². The summed E-state index contributed by atoms with van der Waals surface area (Å²) < 4.78 is 27.3. The molecule has 4 N–H and O–H groups in total. The lowest BCUT2D eigenvalue weighted by Gasteiger charge is -2.26. The van der Waals surface area contributed by atoms with Crippen LogP contribution in [0.5, 0.6) is 0 Å². The average Bonchev–Trinajstić information content (AvgIpc) is 3.10. The number of anilines is 1. The van der Waals surface area contributed by atoms with Gasteiger partial charge in [-0.15, -0.1) is 0 Å². The number of hydrogen-bond donors (Lipinski definition) is 3. The highest BCUT2D eigenvalue weighted by atomic mass is 32.2. The van der Waals surface area contributed by atoms with Crippen molar-refractivity contribution in [2.45, 2.75) is 37.1 Å². The van der Waals surface area contributed by atoms with Crippen LogP contribution in [0.15, 0.2) is 23.1 Å². The molecule has 110 valence electrons. The van der Waals surface area contributed by atoms with Gasteiger partial charge in [-0.05, 0) is 50.8 Å². The molecule has 1 saturated carbocycles. The molecule has 0 bridgehead atoms. The minimum atomic E-state index is -3.76. The van der Waals surface area contributed by atoms with E-state index in [1.54, 1.807) is 0 Å². The van der Waals surface area contributed by atoms with Crippen LogP contribution in [0, 0.1) is 5.92 Å². The Morgan fingerprint density at radius 3 is 2.45 bits per heavy atom. The number of nitrogens with one attached hydrogen (secondary N) is 1. The van der Waals surface area contributed by atoms with Gasteiger partial charge in [0.25, 0.3) is 0 Å². The molecule has 2 rings (SSSR count). The van der Waals surface area contributed by atoms with Crippen molar-refractivity contribution in [1.29, 1.82) is 0 Å². The molecule has 7 heteroatoms. The molecule has 0 atom stereocenters. The molecule has 20 heavy (non-hydrogen) atoms. The van der Waals surface area contributed by atoms with E-state index < -0.39 is 21.5 Å². The van der Waals surface area contributed by atoms with Crippen molar-refractivity contribution in [2.75, 3.05) is 5.73 Å². The van der Waals surface area contributed by atoms with E-state index in [2.05, 4.69) is 4.72 Å². The maximum atomic E-state index is 12.3. The van der Waals surface area contributed by atoms with Crippen LogP contribution < -0.4 is 10.5 Å². The van der Waals surface area contributed by atoms with Crippen LogP contribution in [-0.2, 0) is 10.0 Å². The minimum absolute atomic E-state index is 0.0390. The fraction of sp³-hybridized carbons (Fsp3) is 0.462. The molecule has 0 radical (unpaired) electrons. The molecule has 0 unspecified atom stereocenters. The standard InChI is InChI=1S/C13H18N2O4S/c1-13(2,9-4-5-9)15-20(18,19)11-6-3-8(12(16)17)7-10(11)14/h3,6-7,9,15H,4-5,14H2,1-2H3,(H,16,17). The minimum Gasteiger partial charge on any atom is -0.478 e. The van der Waals surface area contributed by atoms with Crippen molar-refractivity contribution in [3.8, 4) is 0 Å². The van der Waals surface area contributed by atoms with Gasteiger partial charge in [0.05, 0.1) is 11.3 Å².